The Morgan fingerprint density at radius 1 is 1.20 bits per heavy atom. The topological polar surface area (TPSA) is 51.0 Å². The standard InChI is InChI=1S/C13H12BrF2N3O/c14-8-5-9(15)11(10(16)6-8)13-18-12(19-20-13)7-1-3-17-4-2-7/h5-7,17H,1-4H2. The quantitative estimate of drug-likeness (QED) is 0.909. The van der Waals surface area contributed by atoms with Crippen LogP contribution in [0, 0.1) is 11.6 Å². The molecule has 2 heterocycles. The molecule has 0 radical (unpaired) electrons. The number of hydrogen-bond donors (Lipinski definition) is 1. The molecule has 1 aromatic carbocycles. The van der Waals surface area contributed by atoms with Crippen molar-refractivity contribution in [3.63, 3.8) is 0 Å². The third-order valence-electron chi connectivity index (χ3n) is 3.37. The van der Waals surface area contributed by atoms with E-state index in [4.69, 9.17) is 4.52 Å². The Labute approximate surface area is 122 Å². The number of aromatic nitrogens is 2. The van der Waals surface area contributed by atoms with Gasteiger partial charge in [-0.15, -0.1) is 0 Å². The van der Waals surface area contributed by atoms with E-state index in [-0.39, 0.29) is 17.4 Å². The average molecular weight is 344 g/mol. The van der Waals surface area contributed by atoms with Gasteiger partial charge in [0.1, 0.15) is 17.2 Å². The van der Waals surface area contributed by atoms with Gasteiger partial charge in [-0.25, -0.2) is 8.78 Å². The van der Waals surface area contributed by atoms with Crippen molar-refractivity contribution in [1.29, 1.82) is 0 Å². The molecule has 0 bridgehead atoms. The van der Waals surface area contributed by atoms with Crippen LogP contribution in [0.3, 0.4) is 0 Å². The van der Waals surface area contributed by atoms with Crippen LogP contribution in [0.2, 0.25) is 0 Å². The van der Waals surface area contributed by atoms with Crippen LogP contribution < -0.4 is 5.32 Å². The number of nitrogens with one attached hydrogen (secondary N) is 1. The summed E-state index contributed by atoms with van der Waals surface area (Å²) in [6.07, 6.45) is 1.79. The molecule has 0 unspecified atom stereocenters. The molecule has 106 valence electrons. The van der Waals surface area contributed by atoms with Crippen LogP contribution in [0.5, 0.6) is 0 Å². The van der Waals surface area contributed by atoms with Gasteiger partial charge >= 0.3 is 0 Å². The highest BCUT2D eigenvalue weighted by Gasteiger charge is 2.24. The third-order valence-corrected chi connectivity index (χ3v) is 3.82. The fraction of sp³-hybridized carbons (Fsp3) is 0.385. The van der Waals surface area contributed by atoms with Crippen molar-refractivity contribution in [3.05, 3.63) is 34.1 Å². The normalized spacial score (nSPS) is 16.6. The Kier molecular flexibility index (Phi) is 3.80. The fourth-order valence-corrected chi connectivity index (χ4v) is 2.73. The first-order chi connectivity index (χ1) is 9.65. The lowest BCUT2D eigenvalue weighted by Gasteiger charge is -2.18. The first-order valence-corrected chi connectivity index (χ1v) is 7.13. The van der Waals surface area contributed by atoms with Crippen molar-refractivity contribution in [2.24, 2.45) is 0 Å². The molecule has 0 aliphatic carbocycles. The van der Waals surface area contributed by atoms with Crippen LogP contribution >= 0.6 is 15.9 Å². The third kappa shape index (κ3) is 2.60. The van der Waals surface area contributed by atoms with Gasteiger partial charge in [-0.2, -0.15) is 4.98 Å². The molecule has 0 atom stereocenters. The monoisotopic (exact) mass is 343 g/mol. The second kappa shape index (κ2) is 5.57. The zero-order chi connectivity index (χ0) is 14.1. The van der Waals surface area contributed by atoms with Crippen molar-refractivity contribution in [1.82, 2.24) is 15.5 Å². The van der Waals surface area contributed by atoms with Crippen molar-refractivity contribution in [2.75, 3.05) is 13.1 Å². The molecule has 1 aliphatic rings. The van der Waals surface area contributed by atoms with Crippen molar-refractivity contribution in [3.8, 4) is 11.5 Å². The number of benzene rings is 1. The van der Waals surface area contributed by atoms with E-state index in [1.54, 1.807) is 0 Å². The lowest BCUT2D eigenvalue weighted by Crippen LogP contribution is -2.27. The smallest absolute Gasteiger partial charge is 0.263 e. The first kappa shape index (κ1) is 13.6. The average Bonchev–Trinajstić information content (AvgIpc) is 2.88. The molecule has 20 heavy (non-hydrogen) atoms. The zero-order valence-corrected chi connectivity index (χ0v) is 12.1. The molecule has 2 aromatic rings. The summed E-state index contributed by atoms with van der Waals surface area (Å²) in [7, 11) is 0. The van der Waals surface area contributed by atoms with Crippen molar-refractivity contribution < 1.29 is 13.3 Å². The summed E-state index contributed by atoms with van der Waals surface area (Å²) in [6.45, 7) is 1.77. The molecule has 4 nitrogen and oxygen atoms in total. The maximum absolute atomic E-state index is 13.8. The molecule has 1 N–H and O–H groups in total. The van der Waals surface area contributed by atoms with Gasteiger partial charge in [-0.3, -0.25) is 0 Å². The van der Waals surface area contributed by atoms with E-state index >= 15 is 0 Å². The summed E-state index contributed by atoms with van der Waals surface area (Å²) in [5, 5.41) is 7.10. The van der Waals surface area contributed by atoms with E-state index in [0.29, 0.717) is 10.3 Å². The largest absolute Gasteiger partial charge is 0.334 e. The Morgan fingerprint density at radius 3 is 2.50 bits per heavy atom. The van der Waals surface area contributed by atoms with Crippen LogP contribution in [-0.2, 0) is 0 Å². The van der Waals surface area contributed by atoms with Gasteiger partial charge in [0.25, 0.3) is 5.89 Å². The predicted octanol–water partition coefficient (Wildman–Crippen LogP) is 3.24. The summed E-state index contributed by atoms with van der Waals surface area (Å²) < 4.78 is 33.0. The highest BCUT2D eigenvalue weighted by molar-refractivity contribution is 9.10. The van der Waals surface area contributed by atoms with Crippen LogP contribution in [0.15, 0.2) is 21.1 Å². The van der Waals surface area contributed by atoms with Crippen molar-refractivity contribution in [2.45, 2.75) is 18.8 Å². The van der Waals surface area contributed by atoms with Crippen LogP contribution in [-0.4, -0.2) is 23.2 Å². The maximum atomic E-state index is 13.8. The van der Waals surface area contributed by atoms with Gasteiger partial charge in [0.15, 0.2) is 5.82 Å². The van der Waals surface area contributed by atoms with Gasteiger partial charge < -0.3 is 9.84 Å². The molecule has 0 saturated carbocycles. The second-order valence-corrected chi connectivity index (χ2v) is 5.64. The number of rotatable bonds is 2. The summed E-state index contributed by atoms with van der Waals surface area (Å²) in [5.41, 5.74) is -0.277. The van der Waals surface area contributed by atoms with Crippen LogP contribution in [0.1, 0.15) is 24.6 Å². The van der Waals surface area contributed by atoms with Crippen molar-refractivity contribution >= 4 is 15.9 Å². The van der Waals surface area contributed by atoms with E-state index in [2.05, 4.69) is 31.4 Å². The highest BCUT2D eigenvalue weighted by Crippen LogP contribution is 2.30. The molecule has 0 amide bonds. The molecule has 1 saturated heterocycles. The zero-order valence-electron chi connectivity index (χ0n) is 10.5. The van der Waals surface area contributed by atoms with Crippen LogP contribution in [0.25, 0.3) is 11.5 Å². The van der Waals surface area contributed by atoms with Gasteiger partial charge in [-0.05, 0) is 38.1 Å². The lowest BCUT2D eigenvalue weighted by atomic mass is 9.98. The highest BCUT2D eigenvalue weighted by atomic mass is 79.9. The van der Waals surface area contributed by atoms with E-state index in [1.165, 1.54) is 12.1 Å². The number of nitrogens with zero attached hydrogens (tertiary/aromatic N) is 2. The molecule has 3 rings (SSSR count). The minimum Gasteiger partial charge on any atom is -0.334 e. The molecule has 1 aliphatic heterocycles. The Morgan fingerprint density at radius 2 is 1.85 bits per heavy atom. The molecule has 0 spiro atoms. The van der Waals surface area contributed by atoms with Gasteiger partial charge in [0.2, 0.25) is 0 Å². The van der Waals surface area contributed by atoms with Gasteiger partial charge in [-0.1, -0.05) is 21.1 Å². The summed E-state index contributed by atoms with van der Waals surface area (Å²) in [6, 6.07) is 2.35. The number of halogens is 3. The number of hydrogen-bond acceptors (Lipinski definition) is 4. The second-order valence-electron chi connectivity index (χ2n) is 4.73. The summed E-state index contributed by atoms with van der Waals surface area (Å²) in [4.78, 5) is 4.15. The van der Waals surface area contributed by atoms with Crippen LogP contribution in [0.4, 0.5) is 8.78 Å². The van der Waals surface area contributed by atoms with E-state index in [9.17, 15) is 8.78 Å². The Bertz CT molecular complexity index is 603. The minimum atomic E-state index is -0.725. The fourth-order valence-electron chi connectivity index (χ4n) is 2.33. The van der Waals surface area contributed by atoms with Gasteiger partial charge in [0.05, 0.1) is 0 Å². The summed E-state index contributed by atoms with van der Waals surface area (Å²) >= 11 is 3.03. The molecule has 1 fully saturated rings. The molecular formula is C13H12BrF2N3O. The van der Waals surface area contributed by atoms with Gasteiger partial charge in [0, 0.05) is 10.4 Å². The maximum Gasteiger partial charge on any atom is 0.263 e. The predicted molar refractivity (Wildman–Crippen MR) is 72.2 cm³/mol. The van der Waals surface area contributed by atoms with E-state index in [0.717, 1.165) is 25.9 Å². The van der Waals surface area contributed by atoms with E-state index < -0.39 is 11.6 Å². The molecular weight excluding hydrogens is 332 g/mol. The Balaban J connectivity index is 1.94. The molecule has 1 aromatic heterocycles. The Hall–Kier alpha value is -1.34. The summed E-state index contributed by atoms with van der Waals surface area (Å²) in [5.74, 6) is -0.866. The lowest BCUT2D eigenvalue weighted by molar-refractivity contribution is 0.390. The minimum absolute atomic E-state index is 0.110. The van der Waals surface area contributed by atoms with E-state index in [1.807, 2.05) is 0 Å². The molecule has 7 heteroatoms. The number of piperidine rings is 1. The first-order valence-electron chi connectivity index (χ1n) is 6.34. The SMILES string of the molecule is Fc1cc(Br)cc(F)c1-c1nc(C2CCNCC2)no1.